The van der Waals surface area contributed by atoms with Gasteiger partial charge in [-0.2, -0.15) is 0 Å². The minimum atomic E-state index is -0.981. The lowest BCUT2D eigenvalue weighted by Gasteiger charge is -2.23. The van der Waals surface area contributed by atoms with Crippen molar-refractivity contribution in [1.82, 2.24) is 20.5 Å². The molecule has 0 fully saturated rings. The lowest BCUT2D eigenvalue weighted by molar-refractivity contribution is -0.147. The molecule has 41 heavy (non-hydrogen) atoms. The zero-order valence-electron chi connectivity index (χ0n) is 23.1. The van der Waals surface area contributed by atoms with Crippen LogP contribution in [0, 0.1) is 0 Å². The number of methoxy groups -OCH3 is 1. The summed E-state index contributed by atoms with van der Waals surface area (Å²) in [6.07, 6.45) is -0.550. The molecule has 4 aromatic rings. The van der Waals surface area contributed by atoms with Gasteiger partial charge in [-0.3, -0.25) is 0 Å². The monoisotopic (exact) mass is 582 g/mol. The van der Waals surface area contributed by atoms with Gasteiger partial charge in [0.1, 0.15) is 40.8 Å². The molecule has 11 nitrogen and oxygen atoms in total. The van der Waals surface area contributed by atoms with Crippen molar-refractivity contribution in [2.24, 2.45) is 0 Å². The summed E-state index contributed by atoms with van der Waals surface area (Å²) in [6, 6.07) is 18.3. The Morgan fingerprint density at radius 3 is 2.34 bits per heavy atom. The van der Waals surface area contributed by atoms with Gasteiger partial charge in [-0.25, -0.2) is 9.59 Å². The second-order valence-corrected chi connectivity index (χ2v) is 10.4. The Morgan fingerprint density at radius 2 is 1.66 bits per heavy atom. The van der Waals surface area contributed by atoms with E-state index in [-0.39, 0.29) is 19.8 Å². The predicted molar refractivity (Wildman–Crippen MR) is 151 cm³/mol. The van der Waals surface area contributed by atoms with Crippen LogP contribution in [0.1, 0.15) is 31.9 Å². The third-order valence-corrected chi connectivity index (χ3v) is 5.89. The molecule has 1 amide bonds. The molecule has 4 rings (SSSR count). The molecule has 1 heterocycles. The smallest absolute Gasteiger partial charge is 0.408 e. The van der Waals surface area contributed by atoms with Crippen molar-refractivity contribution in [2.45, 2.75) is 45.4 Å². The molecule has 216 valence electrons. The highest BCUT2D eigenvalue weighted by Gasteiger charge is 2.26. The van der Waals surface area contributed by atoms with Crippen LogP contribution in [0.5, 0.6) is 11.5 Å². The van der Waals surface area contributed by atoms with Crippen molar-refractivity contribution in [3.8, 4) is 11.5 Å². The van der Waals surface area contributed by atoms with Crippen molar-refractivity contribution >= 4 is 34.7 Å². The molecule has 0 saturated heterocycles. The molecule has 0 saturated carbocycles. The number of carbonyl (C=O) groups is 2. The topological polar surface area (TPSA) is 123 Å². The van der Waals surface area contributed by atoms with Gasteiger partial charge in [-0.15, -0.1) is 5.10 Å². The molecular formula is C29H31ClN4O7. The van der Waals surface area contributed by atoms with Crippen LogP contribution in [0.4, 0.5) is 4.79 Å². The van der Waals surface area contributed by atoms with Crippen LogP contribution in [0.3, 0.4) is 0 Å². The number of alkyl carbamates (subject to hydrolysis) is 1. The molecule has 0 aliphatic heterocycles. The molecular weight excluding hydrogens is 552 g/mol. The van der Waals surface area contributed by atoms with Gasteiger partial charge in [0.2, 0.25) is 0 Å². The van der Waals surface area contributed by atoms with Gasteiger partial charge in [0.15, 0.2) is 0 Å². The number of amides is 1. The Labute approximate surface area is 242 Å². The zero-order valence-corrected chi connectivity index (χ0v) is 23.9. The summed E-state index contributed by atoms with van der Waals surface area (Å²) in [7, 11) is 1.58. The fourth-order valence-corrected chi connectivity index (χ4v) is 3.85. The molecule has 0 aliphatic rings. The number of rotatable bonds is 11. The number of hydrogen-bond acceptors (Lipinski definition) is 9. The Bertz CT molecular complexity index is 1470. The minimum absolute atomic E-state index is 0.0371. The van der Waals surface area contributed by atoms with Crippen molar-refractivity contribution in [1.29, 1.82) is 0 Å². The summed E-state index contributed by atoms with van der Waals surface area (Å²) < 4.78 is 21.7. The number of halogens is 1. The maximum Gasteiger partial charge on any atom is 0.408 e. The number of ether oxygens (including phenoxy) is 4. The first-order valence-electron chi connectivity index (χ1n) is 12.7. The van der Waals surface area contributed by atoms with Gasteiger partial charge in [0.25, 0.3) is 6.79 Å². The Balaban J connectivity index is 1.35. The van der Waals surface area contributed by atoms with E-state index in [1.165, 1.54) is 4.85 Å². The Morgan fingerprint density at radius 1 is 0.976 bits per heavy atom. The number of esters is 1. The molecule has 1 aromatic heterocycles. The maximum atomic E-state index is 13.0. The number of fused-ring (bicyclic) bond motifs is 1. The van der Waals surface area contributed by atoms with E-state index < -0.39 is 23.7 Å². The van der Waals surface area contributed by atoms with Gasteiger partial charge < -0.3 is 29.1 Å². The van der Waals surface area contributed by atoms with E-state index in [0.29, 0.717) is 27.6 Å². The summed E-state index contributed by atoms with van der Waals surface area (Å²) in [5.74, 6) is 0.621. The van der Waals surface area contributed by atoms with Gasteiger partial charge in [0.05, 0.1) is 7.11 Å². The fraction of sp³-hybridized carbons (Fsp3) is 0.310. The lowest BCUT2D eigenvalue weighted by atomic mass is 10.1. The van der Waals surface area contributed by atoms with Crippen LogP contribution in [0.15, 0.2) is 66.7 Å². The molecule has 0 aliphatic carbocycles. The fourth-order valence-electron chi connectivity index (χ4n) is 3.69. The van der Waals surface area contributed by atoms with E-state index in [2.05, 4.69) is 15.6 Å². The molecule has 1 atom stereocenters. The number of nitrogens with one attached hydrogen (secondary N) is 1. The largest absolute Gasteiger partial charge is 0.497 e. The second kappa shape index (κ2) is 13.2. The summed E-state index contributed by atoms with van der Waals surface area (Å²) in [6.45, 7) is 5.13. The standard InChI is InChI=1S/C29H31ClN4O7/c1-29(2,3)41-28(36)31-25(27(35)38-17-20-7-10-22(37-4)11-8-20)15-19-5-12-23(13-6-19)39-18-40-34-26-16-21(30)9-14-24(26)32-33-34/h5-14,16,25H,15,17-18H2,1-4H3,(H,31,36). The highest BCUT2D eigenvalue weighted by Crippen LogP contribution is 2.18. The highest BCUT2D eigenvalue weighted by molar-refractivity contribution is 6.31. The van der Waals surface area contributed by atoms with E-state index in [0.717, 1.165) is 11.1 Å². The van der Waals surface area contributed by atoms with E-state index >= 15 is 0 Å². The van der Waals surface area contributed by atoms with Crippen molar-refractivity contribution in [3.63, 3.8) is 0 Å². The van der Waals surface area contributed by atoms with Crippen LogP contribution in [0.2, 0.25) is 5.02 Å². The van der Waals surface area contributed by atoms with Gasteiger partial charge >= 0.3 is 12.1 Å². The Kier molecular flexibility index (Phi) is 9.51. The van der Waals surface area contributed by atoms with Crippen LogP contribution < -0.4 is 19.6 Å². The minimum Gasteiger partial charge on any atom is -0.497 e. The lowest BCUT2D eigenvalue weighted by Crippen LogP contribution is -2.45. The number of nitrogens with zero attached hydrogens (tertiary/aromatic N) is 3. The first-order valence-corrected chi connectivity index (χ1v) is 13.1. The van der Waals surface area contributed by atoms with E-state index in [1.807, 2.05) is 0 Å². The van der Waals surface area contributed by atoms with Crippen molar-refractivity contribution < 1.29 is 33.4 Å². The van der Waals surface area contributed by atoms with Gasteiger partial charge in [-0.05, 0) is 79.6 Å². The number of aromatic nitrogens is 3. The highest BCUT2D eigenvalue weighted by atomic mass is 35.5. The van der Waals surface area contributed by atoms with E-state index in [4.69, 9.17) is 35.4 Å². The van der Waals surface area contributed by atoms with Gasteiger partial charge in [0, 0.05) is 11.4 Å². The molecule has 12 heteroatoms. The number of carbonyl (C=O) groups excluding carboxylic acids is 2. The predicted octanol–water partition coefficient (Wildman–Crippen LogP) is 4.74. The molecule has 3 aromatic carbocycles. The van der Waals surface area contributed by atoms with E-state index in [9.17, 15) is 9.59 Å². The summed E-state index contributed by atoms with van der Waals surface area (Å²) in [5.41, 5.74) is 2.06. The van der Waals surface area contributed by atoms with E-state index in [1.54, 1.807) is 94.6 Å². The van der Waals surface area contributed by atoms with Crippen LogP contribution in [0.25, 0.3) is 11.0 Å². The van der Waals surface area contributed by atoms with Crippen LogP contribution >= 0.6 is 11.6 Å². The number of benzene rings is 3. The maximum absolute atomic E-state index is 13.0. The summed E-state index contributed by atoms with van der Waals surface area (Å²) in [4.78, 5) is 32.2. The van der Waals surface area contributed by atoms with Crippen LogP contribution in [-0.2, 0) is 27.3 Å². The first kappa shape index (κ1) is 29.5. The third kappa shape index (κ3) is 8.74. The van der Waals surface area contributed by atoms with Gasteiger partial charge in [-0.1, -0.05) is 40.7 Å². The molecule has 1 unspecified atom stereocenters. The first-order chi connectivity index (χ1) is 19.6. The Hall–Kier alpha value is -4.51. The summed E-state index contributed by atoms with van der Waals surface area (Å²) >= 11 is 6.04. The second-order valence-electron chi connectivity index (χ2n) is 9.99. The number of hydrogen-bond donors (Lipinski definition) is 1. The third-order valence-electron chi connectivity index (χ3n) is 5.66. The van der Waals surface area contributed by atoms with Crippen molar-refractivity contribution in [2.75, 3.05) is 13.9 Å². The molecule has 0 radical (unpaired) electrons. The quantitative estimate of drug-likeness (QED) is 0.197. The van der Waals surface area contributed by atoms with Crippen molar-refractivity contribution in [3.05, 3.63) is 82.9 Å². The summed E-state index contributed by atoms with van der Waals surface area (Å²) in [5, 5.41) is 11.1. The molecule has 0 spiro atoms. The molecule has 1 N–H and O–H groups in total. The SMILES string of the molecule is COc1ccc(COC(=O)C(Cc2ccc(OCOn3nnc4ccc(Cl)cc43)cc2)NC(=O)OC(C)(C)C)cc1. The zero-order chi connectivity index (χ0) is 29.4. The molecule has 0 bridgehead atoms. The average molecular weight is 583 g/mol. The normalized spacial score (nSPS) is 11.9. The van der Waals surface area contributed by atoms with Crippen LogP contribution in [-0.4, -0.2) is 52.8 Å². The average Bonchev–Trinajstić information content (AvgIpc) is 3.33.